The Hall–Kier alpha value is -7.63. The molecule has 3 aromatic heterocycles. The number of para-hydroxylation sites is 3. The van der Waals surface area contributed by atoms with Gasteiger partial charge in [-0.1, -0.05) is 171 Å². The van der Waals surface area contributed by atoms with E-state index in [9.17, 15) is 0 Å². The number of furan rings is 1. The van der Waals surface area contributed by atoms with Gasteiger partial charge in [0.25, 0.3) is 0 Å². The predicted octanol–water partition coefficient (Wildman–Crippen LogP) is 14.5. The van der Waals surface area contributed by atoms with E-state index >= 15 is 0 Å². The summed E-state index contributed by atoms with van der Waals surface area (Å²) in [6.45, 7) is 2.24. The third-order valence-corrected chi connectivity index (χ3v) is 11.7. The fourth-order valence-electron chi connectivity index (χ4n) is 8.58. The smallest absolute Gasteiger partial charge is 0.238 e. The zero-order chi connectivity index (χ0) is 40.0. The van der Waals surface area contributed by atoms with E-state index in [0.717, 1.165) is 89.1 Å². The third-order valence-electron chi connectivity index (χ3n) is 11.7. The van der Waals surface area contributed by atoms with E-state index in [-0.39, 0.29) is 0 Å². The molecule has 0 saturated heterocycles. The van der Waals surface area contributed by atoms with E-state index in [0.29, 0.717) is 17.6 Å². The maximum atomic E-state index is 6.48. The van der Waals surface area contributed by atoms with Crippen LogP contribution in [-0.2, 0) is 6.42 Å². The largest absolute Gasteiger partial charge is 0.455 e. The molecule has 0 fully saturated rings. The fraction of sp³-hybridized carbons (Fsp3) is 0.0727. The highest BCUT2D eigenvalue weighted by molar-refractivity contribution is 6.13. The zero-order valence-corrected chi connectivity index (χ0v) is 33.2. The van der Waals surface area contributed by atoms with Gasteiger partial charge in [0.2, 0.25) is 5.95 Å². The Morgan fingerprint density at radius 3 is 1.85 bits per heavy atom. The molecule has 0 saturated carbocycles. The van der Waals surface area contributed by atoms with Gasteiger partial charge in [-0.2, -0.15) is 9.97 Å². The zero-order valence-electron chi connectivity index (χ0n) is 33.2. The lowest BCUT2D eigenvalue weighted by Gasteiger charge is -2.12. The van der Waals surface area contributed by atoms with E-state index in [1.807, 2.05) is 18.2 Å². The molecule has 0 aliphatic carbocycles. The van der Waals surface area contributed by atoms with Crippen molar-refractivity contribution in [3.8, 4) is 62.1 Å². The van der Waals surface area contributed by atoms with E-state index in [2.05, 4.69) is 181 Å². The number of unbranched alkanes of at least 4 members (excludes halogenated alkanes) is 1. The van der Waals surface area contributed by atoms with Crippen LogP contribution in [0.1, 0.15) is 25.3 Å². The van der Waals surface area contributed by atoms with Crippen LogP contribution in [0.15, 0.2) is 192 Å². The number of aromatic nitrogens is 4. The van der Waals surface area contributed by atoms with Crippen LogP contribution < -0.4 is 0 Å². The van der Waals surface area contributed by atoms with Gasteiger partial charge in [0.1, 0.15) is 11.2 Å². The SMILES string of the molecule is CCCCc1ccc(-c2ccc(-c3nc(-c4cccc(-c5ccccc5)c4)nc(-n4c5ccccc5c5cc(-c6cccc7c6oc6ccccc67)ccc54)n3)cc2)cc1. The quantitative estimate of drug-likeness (QED) is 0.147. The molecule has 3 heterocycles. The molecule has 5 nitrogen and oxygen atoms in total. The second-order valence-electron chi connectivity index (χ2n) is 15.5. The van der Waals surface area contributed by atoms with Gasteiger partial charge in [0, 0.05) is 38.2 Å². The van der Waals surface area contributed by atoms with Crippen molar-refractivity contribution in [3.05, 3.63) is 194 Å². The lowest BCUT2D eigenvalue weighted by Crippen LogP contribution is -2.06. The summed E-state index contributed by atoms with van der Waals surface area (Å²) >= 11 is 0. The molecular formula is C55H40N4O. The van der Waals surface area contributed by atoms with Gasteiger partial charge in [-0.05, 0) is 76.6 Å². The molecular weight excluding hydrogens is 733 g/mol. The van der Waals surface area contributed by atoms with Crippen LogP contribution in [0.25, 0.3) is 106 Å². The first-order valence-corrected chi connectivity index (χ1v) is 20.7. The fourth-order valence-corrected chi connectivity index (χ4v) is 8.58. The molecule has 0 aliphatic rings. The highest BCUT2D eigenvalue weighted by Gasteiger charge is 2.20. The lowest BCUT2D eigenvalue weighted by molar-refractivity contribution is 0.670. The monoisotopic (exact) mass is 772 g/mol. The molecule has 0 aliphatic heterocycles. The van der Waals surface area contributed by atoms with Crippen LogP contribution >= 0.6 is 0 Å². The maximum absolute atomic E-state index is 6.48. The number of aryl methyl sites for hydroxylation is 1. The maximum Gasteiger partial charge on any atom is 0.238 e. The molecule has 0 bridgehead atoms. The highest BCUT2D eigenvalue weighted by Crippen LogP contribution is 2.39. The van der Waals surface area contributed by atoms with Gasteiger partial charge in [-0.25, -0.2) is 4.98 Å². The minimum absolute atomic E-state index is 0.560. The summed E-state index contributed by atoms with van der Waals surface area (Å²) < 4.78 is 8.66. The third kappa shape index (κ3) is 6.32. The Balaban J connectivity index is 1.07. The molecule has 5 heteroatoms. The van der Waals surface area contributed by atoms with Crippen molar-refractivity contribution in [2.45, 2.75) is 26.2 Å². The first-order valence-electron chi connectivity index (χ1n) is 20.7. The van der Waals surface area contributed by atoms with Crippen molar-refractivity contribution in [3.63, 3.8) is 0 Å². The lowest BCUT2D eigenvalue weighted by atomic mass is 10.0. The van der Waals surface area contributed by atoms with Crippen molar-refractivity contribution < 1.29 is 4.42 Å². The summed E-state index contributed by atoms with van der Waals surface area (Å²) in [6.07, 6.45) is 3.51. The standard InChI is InChI=1S/C55H40N4O/c1-2-3-13-36-24-26-38(27-25-36)39-28-30-40(31-29-39)53-56-54(43-17-11-16-41(34-43)37-14-5-4-6-15-37)58-55(57-53)59-49-22-9-7-18-45(49)48-35-42(32-33-50(48)59)44-20-12-21-47-46-19-8-10-23-51(46)60-52(44)47/h4-12,14-35H,2-3,13H2,1H3. The summed E-state index contributed by atoms with van der Waals surface area (Å²) in [6, 6.07) is 66.2. The van der Waals surface area contributed by atoms with Gasteiger partial charge in [0.15, 0.2) is 11.6 Å². The van der Waals surface area contributed by atoms with Crippen LogP contribution in [0, 0.1) is 0 Å². The van der Waals surface area contributed by atoms with Gasteiger partial charge < -0.3 is 4.42 Å². The van der Waals surface area contributed by atoms with Gasteiger partial charge in [-0.15, -0.1) is 0 Å². The van der Waals surface area contributed by atoms with Crippen molar-refractivity contribution >= 4 is 43.7 Å². The molecule has 0 unspecified atom stereocenters. The van der Waals surface area contributed by atoms with E-state index in [4.69, 9.17) is 19.4 Å². The van der Waals surface area contributed by atoms with Crippen molar-refractivity contribution in [1.29, 1.82) is 0 Å². The Kier molecular flexibility index (Phi) is 8.85. The topological polar surface area (TPSA) is 56.7 Å². The van der Waals surface area contributed by atoms with Gasteiger partial charge >= 0.3 is 0 Å². The molecule has 60 heavy (non-hydrogen) atoms. The summed E-state index contributed by atoms with van der Waals surface area (Å²) in [5.74, 6) is 1.78. The predicted molar refractivity (Wildman–Crippen MR) is 247 cm³/mol. The average Bonchev–Trinajstić information content (AvgIpc) is 3.87. The number of benzene rings is 8. The molecule has 286 valence electrons. The number of rotatable bonds is 9. The van der Waals surface area contributed by atoms with Crippen LogP contribution in [-0.4, -0.2) is 19.5 Å². The van der Waals surface area contributed by atoms with Crippen molar-refractivity contribution in [2.24, 2.45) is 0 Å². The summed E-state index contributed by atoms with van der Waals surface area (Å²) in [5.41, 5.74) is 13.8. The first-order chi connectivity index (χ1) is 29.7. The second kappa shape index (κ2) is 14.9. The first kappa shape index (κ1) is 35.5. The van der Waals surface area contributed by atoms with Crippen molar-refractivity contribution in [2.75, 3.05) is 0 Å². The molecule has 0 atom stereocenters. The number of hydrogen-bond donors (Lipinski definition) is 0. The second-order valence-corrected chi connectivity index (χ2v) is 15.5. The Labute approximate surface area is 348 Å². The molecule has 0 amide bonds. The van der Waals surface area contributed by atoms with Crippen LogP contribution in [0.5, 0.6) is 0 Å². The van der Waals surface area contributed by atoms with Crippen molar-refractivity contribution in [1.82, 2.24) is 19.5 Å². The minimum atomic E-state index is 0.560. The van der Waals surface area contributed by atoms with E-state index in [1.165, 1.54) is 24.0 Å². The summed E-state index contributed by atoms with van der Waals surface area (Å²) in [7, 11) is 0. The van der Waals surface area contributed by atoms with Gasteiger partial charge in [-0.3, -0.25) is 4.57 Å². The minimum Gasteiger partial charge on any atom is -0.455 e. The molecule has 11 aromatic rings. The molecule has 0 radical (unpaired) electrons. The molecule has 8 aromatic carbocycles. The van der Waals surface area contributed by atoms with Gasteiger partial charge in [0.05, 0.1) is 11.0 Å². The van der Waals surface area contributed by atoms with E-state index in [1.54, 1.807) is 0 Å². The molecule has 11 rings (SSSR count). The van der Waals surface area contributed by atoms with Crippen LogP contribution in [0.4, 0.5) is 0 Å². The Bertz CT molecular complexity index is 3340. The molecule has 0 N–H and O–H groups in total. The summed E-state index contributed by atoms with van der Waals surface area (Å²) in [5, 5.41) is 4.45. The van der Waals surface area contributed by atoms with E-state index < -0.39 is 0 Å². The summed E-state index contributed by atoms with van der Waals surface area (Å²) in [4.78, 5) is 15.7. The number of hydrogen-bond acceptors (Lipinski definition) is 4. The highest BCUT2D eigenvalue weighted by atomic mass is 16.3. The average molecular weight is 773 g/mol. The number of fused-ring (bicyclic) bond motifs is 6. The molecule has 0 spiro atoms. The number of nitrogens with zero attached hydrogens (tertiary/aromatic N) is 4. The normalized spacial score (nSPS) is 11.6. The van der Waals surface area contributed by atoms with Crippen LogP contribution in [0.3, 0.4) is 0 Å². The van der Waals surface area contributed by atoms with Crippen LogP contribution in [0.2, 0.25) is 0 Å². The Morgan fingerprint density at radius 1 is 0.433 bits per heavy atom. The Morgan fingerprint density at radius 2 is 1.03 bits per heavy atom.